The molecule has 0 aliphatic carbocycles. The van der Waals surface area contributed by atoms with E-state index in [1.807, 2.05) is 0 Å². The van der Waals surface area contributed by atoms with Crippen molar-refractivity contribution in [1.29, 1.82) is 0 Å². The third kappa shape index (κ3) is 4.43. The zero-order chi connectivity index (χ0) is 21.8. The molecule has 0 saturated heterocycles. The lowest BCUT2D eigenvalue weighted by Gasteiger charge is -2.27. The van der Waals surface area contributed by atoms with Crippen molar-refractivity contribution < 1.29 is 28.2 Å². The highest BCUT2D eigenvalue weighted by molar-refractivity contribution is 7.81. The van der Waals surface area contributed by atoms with Crippen molar-refractivity contribution in [2.24, 2.45) is 0 Å². The van der Waals surface area contributed by atoms with Crippen LogP contribution < -0.4 is 4.31 Å². The monoisotopic (exact) mass is 444 g/mol. The van der Waals surface area contributed by atoms with Gasteiger partial charge in [-0.1, -0.05) is 30.3 Å². The molecule has 0 aliphatic heterocycles. The van der Waals surface area contributed by atoms with E-state index >= 15 is 0 Å². The Hall–Kier alpha value is -3.01. The number of aryl methyl sites for hydroxylation is 1. The lowest BCUT2D eigenvalue weighted by Crippen LogP contribution is -2.21. The maximum atomic E-state index is 12.1. The van der Waals surface area contributed by atoms with Gasteiger partial charge in [0, 0.05) is 4.88 Å². The Morgan fingerprint density at radius 1 is 1.13 bits per heavy atom. The molecule has 3 aromatic rings. The van der Waals surface area contributed by atoms with Crippen molar-refractivity contribution >= 4 is 45.9 Å². The van der Waals surface area contributed by atoms with Crippen molar-refractivity contribution in [2.45, 2.75) is 13.8 Å². The zero-order valence-electron chi connectivity index (χ0n) is 16.2. The second-order valence-corrected chi connectivity index (χ2v) is 8.08. The van der Waals surface area contributed by atoms with Gasteiger partial charge in [-0.15, -0.1) is 11.3 Å². The summed E-state index contributed by atoms with van der Waals surface area (Å²) in [7, 11) is 0. The fraction of sp³-hybridized carbons (Fsp3) is 0.143. The molecule has 0 bridgehead atoms. The highest BCUT2D eigenvalue weighted by Crippen LogP contribution is 2.41. The van der Waals surface area contributed by atoms with Gasteiger partial charge < -0.3 is 14.4 Å². The first-order chi connectivity index (χ1) is 14.3. The lowest BCUT2D eigenvalue weighted by molar-refractivity contribution is 0.0526. The van der Waals surface area contributed by atoms with Crippen LogP contribution in [-0.2, 0) is 16.0 Å². The number of thiophene rings is 1. The van der Waals surface area contributed by atoms with Gasteiger partial charge >= 0.3 is 11.9 Å². The van der Waals surface area contributed by atoms with E-state index < -0.39 is 23.2 Å². The second-order valence-electron chi connectivity index (χ2n) is 6.23. The summed E-state index contributed by atoms with van der Waals surface area (Å²) in [6.45, 7) is 3.68. The number of carboxylic acid groups (broad SMARTS) is 1. The summed E-state index contributed by atoms with van der Waals surface area (Å²) in [6.07, 6.45) is 0. The van der Waals surface area contributed by atoms with Crippen LogP contribution in [0.25, 0.3) is 10.4 Å². The SMILES string of the molecule is CCOC(=O)c1cccc(-c2cc(N(c3ccccc3C)S(=O)[O-])c(C(=O)O)s2)c1. The fourth-order valence-electron chi connectivity index (χ4n) is 2.92. The topological polar surface area (TPSA) is 107 Å². The Morgan fingerprint density at radius 3 is 2.50 bits per heavy atom. The Morgan fingerprint density at radius 2 is 1.87 bits per heavy atom. The molecule has 7 nitrogen and oxygen atoms in total. The second kappa shape index (κ2) is 9.21. The molecular weight excluding hydrogens is 426 g/mol. The minimum atomic E-state index is -2.75. The Labute approximate surface area is 180 Å². The molecule has 2 aromatic carbocycles. The van der Waals surface area contributed by atoms with Gasteiger partial charge in [0.1, 0.15) is 4.88 Å². The van der Waals surface area contributed by atoms with Gasteiger partial charge in [0.25, 0.3) is 0 Å². The first kappa shape index (κ1) is 21.7. The average molecular weight is 445 g/mol. The van der Waals surface area contributed by atoms with Gasteiger partial charge in [-0.25, -0.2) is 9.59 Å². The molecule has 0 spiro atoms. The van der Waals surface area contributed by atoms with Crippen LogP contribution in [0.4, 0.5) is 11.4 Å². The van der Waals surface area contributed by atoms with Gasteiger partial charge in [-0.3, -0.25) is 8.51 Å². The van der Waals surface area contributed by atoms with Gasteiger partial charge in [0.2, 0.25) is 0 Å². The molecule has 9 heteroatoms. The summed E-state index contributed by atoms with van der Waals surface area (Å²) in [6, 6.07) is 14.9. The Bertz CT molecular complexity index is 1120. The number of hydrogen-bond donors (Lipinski definition) is 1. The summed E-state index contributed by atoms with van der Waals surface area (Å²) in [5.41, 5.74) is 1.98. The standard InChI is InChI=1S/C21H19NO6S2/c1-3-28-21(25)15-9-6-8-14(11-15)18-12-17(19(29-18)20(23)24)22(30(26)27)16-10-5-4-7-13(16)2/h4-12H,3H2,1-2H3,(H,23,24)(H,26,27)/p-1. The number of nitrogens with zero attached hydrogens (tertiary/aromatic N) is 1. The normalized spacial score (nSPS) is 11.7. The van der Waals surface area contributed by atoms with Crippen LogP contribution in [0.3, 0.4) is 0 Å². The first-order valence-corrected chi connectivity index (χ1v) is 10.8. The third-order valence-corrected chi connectivity index (χ3v) is 6.12. The van der Waals surface area contributed by atoms with Crippen LogP contribution >= 0.6 is 11.3 Å². The maximum absolute atomic E-state index is 12.1. The molecule has 30 heavy (non-hydrogen) atoms. The van der Waals surface area contributed by atoms with Crippen LogP contribution in [0.5, 0.6) is 0 Å². The molecule has 1 aromatic heterocycles. The number of carboxylic acids is 1. The highest BCUT2D eigenvalue weighted by Gasteiger charge is 2.24. The fourth-order valence-corrected chi connectivity index (χ4v) is 4.63. The summed E-state index contributed by atoms with van der Waals surface area (Å²) in [4.78, 5) is 24.3. The van der Waals surface area contributed by atoms with Crippen molar-refractivity contribution in [3.05, 3.63) is 70.6 Å². The van der Waals surface area contributed by atoms with Gasteiger partial charge in [0.05, 0.1) is 34.8 Å². The van der Waals surface area contributed by atoms with Crippen LogP contribution in [0, 0.1) is 6.92 Å². The van der Waals surface area contributed by atoms with E-state index in [0.29, 0.717) is 27.3 Å². The molecule has 1 N–H and O–H groups in total. The molecule has 156 valence electrons. The summed E-state index contributed by atoms with van der Waals surface area (Å²) < 4.78 is 30.1. The van der Waals surface area contributed by atoms with Crippen LogP contribution in [-0.4, -0.2) is 32.4 Å². The van der Waals surface area contributed by atoms with Crippen LogP contribution in [0.2, 0.25) is 0 Å². The van der Waals surface area contributed by atoms with Crippen molar-refractivity contribution in [3.8, 4) is 10.4 Å². The van der Waals surface area contributed by atoms with E-state index in [9.17, 15) is 23.5 Å². The van der Waals surface area contributed by atoms with Crippen LogP contribution in [0.15, 0.2) is 54.6 Å². The summed E-state index contributed by atoms with van der Waals surface area (Å²) in [5, 5.41) is 9.69. The van der Waals surface area contributed by atoms with E-state index in [0.717, 1.165) is 15.6 Å². The number of para-hydroxylation sites is 1. The number of esters is 1. The predicted octanol–water partition coefficient (Wildman–Crippen LogP) is 4.53. The number of benzene rings is 2. The number of carbonyl (C=O) groups excluding carboxylic acids is 1. The number of hydrogen-bond acceptors (Lipinski definition) is 6. The average Bonchev–Trinajstić information content (AvgIpc) is 3.15. The third-order valence-electron chi connectivity index (χ3n) is 4.27. The predicted molar refractivity (Wildman–Crippen MR) is 115 cm³/mol. The maximum Gasteiger partial charge on any atom is 0.348 e. The number of ether oxygens (including phenoxy) is 1. The highest BCUT2D eigenvalue weighted by atomic mass is 32.2. The van der Waals surface area contributed by atoms with Crippen molar-refractivity contribution in [1.82, 2.24) is 0 Å². The van der Waals surface area contributed by atoms with E-state index in [2.05, 4.69) is 0 Å². The quantitative estimate of drug-likeness (QED) is 0.424. The zero-order valence-corrected chi connectivity index (χ0v) is 17.8. The largest absolute Gasteiger partial charge is 0.755 e. The van der Waals surface area contributed by atoms with Crippen molar-refractivity contribution in [2.75, 3.05) is 10.9 Å². The molecular formula is C21H18NO6S2-. The van der Waals surface area contributed by atoms with Crippen LogP contribution in [0.1, 0.15) is 32.5 Å². The smallest absolute Gasteiger partial charge is 0.348 e. The van der Waals surface area contributed by atoms with Gasteiger partial charge in [-0.05, 0) is 49.2 Å². The minimum Gasteiger partial charge on any atom is -0.755 e. The Balaban J connectivity index is 2.13. The first-order valence-electron chi connectivity index (χ1n) is 8.93. The van der Waals surface area contributed by atoms with Crippen molar-refractivity contribution in [3.63, 3.8) is 0 Å². The number of aromatic carboxylic acids is 1. The van der Waals surface area contributed by atoms with E-state index in [1.165, 1.54) is 6.07 Å². The number of anilines is 2. The molecule has 0 fully saturated rings. The molecule has 0 amide bonds. The molecule has 3 rings (SSSR count). The Kier molecular flexibility index (Phi) is 6.66. The van der Waals surface area contributed by atoms with E-state index in [4.69, 9.17) is 4.74 Å². The van der Waals surface area contributed by atoms with Gasteiger partial charge in [-0.2, -0.15) is 0 Å². The molecule has 1 atom stereocenters. The van der Waals surface area contributed by atoms with Gasteiger partial charge in [0.15, 0.2) is 0 Å². The lowest BCUT2D eigenvalue weighted by atomic mass is 10.1. The van der Waals surface area contributed by atoms with E-state index in [-0.39, 0.29) is 17.2 Å². The minimum absolute atomic E-state index is 0.0340. The van der Waals surface area contributed by atoms with E-state index in [1.54, 1.807) is 62.4 Å². The molecule has 1 unspecified atom stereocenters. The number of rotatable bonds is 7. The molecule has 0 radical (unpaired) electrons. The summed E-state index contributed by atoms with van der Waals surface area (Å²) in [5.74, 6) is -1.73. The molecule has 0 aliphatic rings. The summed E-state index contributed by atoms with van der Waals surface area (Å²) >= 11 is -1.81. The molecule has 0 saturated carbocycles. The number of carbonyl (C=O) groups is 2. The molecule has 1 heterocycles.